The van der Waals surface area contributed by atoms with Gasteiger partial charge < -0.3 is 10.1 Å². The van der Waals surface area contributed by atoms with Crippen LogP contribution in [0, 0.1) is 0 Å². The fraction of sp³-hybridized carbons (Fsp3) is 0.455. The van der Waals surface area contributed by atoms with E-state index in [-0.39, 0.29) is 0 Å². The Balaban J connectivity index is 2.63. The minimum atomic E-state index is 0.418. The van der Waals surface area contributed by atoms with Crippen molar-refractivity contribution in [3.05, 3.63) is 29.0 Å². The smallest absolute Gasteiger partial charge is 0.129 e. The molecule has 1 aromatic rings. The Hall–Kier alpha value is -0.800. The molecule has 0 saturated carbocycles. The molecule has 14 heavy (non-hydrogen) atoms. The van der Waals surface area contributed by atoms with Crippen molar-refractivity contribution in [2.75, 3.05) is 14.2 Å². The number of thiophene rings is 1. The van der Waals surface area contributed by atoms with Gasteiger partial charge in [0.15, 0.2) is 0 Å². The number of methoxy groups -OCH3 is 1. The molecule has 1 atom stereocenters. The van der Waals surface area contributed by atoms with Crippen LogP contribution in [-0.4, -0.2) is 14.2 Å². The third-order valence-corrected chi connectivity index (χ3v) is 3.21. The van der Waals surface area contributed by atoms with Gasteiger partial charge >= 0.3 is 0 Å². The van der Waals surface area contributed by atoms with Crippen LogP contribution in [0.25, 0.3) is 0 Å². The van der Waals surface area contributed by atoms with E-state index in [4.69, 9.17) is 4.74 Å². The lowest BCUT2D eigenvalue weighted by molar-refractivity contribution is 0.415. The van der Waals surface area contributed by atoms with Crippen LogP contribution < -0.4 is 10.1 Å². The summed E-state index contributed by atoms with van der Waals surface area (Å²) >= 11 is 1.74. The average molecular weight is 211 g/mol. The van der Waals surface area contributed by atoms with E-state index in [1.54, 1.807) is 18.4 Å². The molecule has 1 rings (SSSR count). The molecule has 0 aliphatic rings. The van der Waals surface area contributed by atoms with Gasteiger partial charge in [0.1, 0.15) is 5.75 Å². The monoisotopic (exact) mass is 211 g/mol. The van der Waals surface area contributed by atoms with Crippen molar-refractivity contribution in [3.8, 4) is 5.75 Å². The van der Waals surface area contributed by atoms with E-state index in [9.17, 15) is 0 Å². The lowest BCUT2D eigenvalue weighted by atomic mass is 10.1. The Morgan fingerprint density at radius 3 is 3.00 bits per heavy atom. The Bertz CT molecular complexity index is 283. The predicted molar refractivity (Wildman–Crippen MR) is 62.1 cm³/mol. The van der Waals surface area contributed by atoms with E-state index in [0.717, 1.165) is 18.6 Å². The summed E-state index contributed by atoms with van der Waals surface area (Å²) in [6.07, 6.45) is 4.07. The maximum Gasteiger partial charge on any atom is 0.129 e. The molecule has 1 N–H and O–H groups in total. The summed E-state index contributed by atoms with van der Waals surface area (Å²) in [5.74, 6) is 0.948. The maximum absolute atomic E-state index is 5.16. The third-order valence-electron chi connectivity index (χ3n) is 2.18. The number of hydrogen-bond donors (Lipinski definition) is 1. The lowest BCUT2D eigenvalue weighted by Crippen LogP contribution is -2.14. The van der Waals surface area contributed by atoms with Gasteiger partial charge in [0.2, 0.25) is 0 Å². The molecule has 0 spiro atoms. The molecule has 1 heterocycles. The maximum atomic E-state index is 5.16. The molecule has 0 aliphatic heterocycles. The molecular weight excluding hydrogens is 194 g/mol. The Morgan fingerprint density at radius 1 is 1.71 bits per heavy atom. The van der Waals surface area contributed by atoms with E-state index in [0.29, 0.717) is 6.04 Å². The highest BCUT2D eigenvalue weighted by molar-refractivity contribution is 7.10. The van der Waals surface area contributed by atoms with Crippen molar-refractivity contribution in [2.45, 2.75) is 18.9 Å². The van der Waals surface area contributed by atoms with Gasteiger partial charge in [0.05, 0.1) is 7.11 Å². The van der Waals surface area contributed by atoms with Gasteiger partial charge in [-0.3, -0.25) is 0 Å². The van der Waals surface area contributed by atoms with E-state index in [2.05, 4.69) is 18.0 Å². The van der Waals surface area contributed by atoms with E-state index >= 15 is 0 Å². The SMILES string of the molecule is C=CCCC(NC)c1cc(OC)cs1. The molecule has 0 fully saturated rings. The van der Waals surface area contributed by atoms with Crippen molar-refractivity contribution >= 4 is 11.3 Å². The zero-order valence-corrected chi connectivity index (χ0v) is 9.56. The first-order chi connectivity index (χ1) is 6.81. The van der Waals surface area contributed by atoms with Crippen LogP contribution in [0.3, 0.4) is 0 Å². The second-order valence-corrected chi connectivity index (χ2v) is 4.04. The molecule has 0 saturated heterocycles. The fourth-order valence-electron chi connectivity index (χ4n) is 1.34. The number of nitrogens with one attached hydrogen (secondary N) is 1. The molecule has 78 valence electrons. The van der Waals surface area contributed by atoms with Crippen LogP contribution in [0.2, 0.25) is 0 Å². The highest BCUT2D eigenvalue weighted by Crippen LogP contribution is 2.29. The first-order valence-corrected chi connectivity index (χ1v) is 5.60. The van der Waals surface area contributed by atoms with Gasteiger partial charge in [-0.1, -0.05) is 6.08 Å². The summed E-state index contributed by atoms with van der Waals surface area (Å²) in [6.45, 7) is 3.73. The van der Waals surface area contributed by atoms with E-state index < -0.39 is 0 Å². The standard InChI is InChI=1S/C11H17NOS/c1-4-5-6-10(12-2)11-7-9(13-3)8-14-11/h4,7-8,10,12H,1,5-6H2,2-3H3. The Morgan fingerprint density at radius 2 is 2.50 bits per heavy atom. The molecule has 1 unspecified atom stereocenters. The quantitative estimate of drug-likeness (QED) is 0.730. The van der Waals surface area contributed by atoms with Crippen LogP contribution in [-0.2, 0) is 0 Å². The van der Waals surface area contributed by atoms with Gasteiger partial charge in [0.25, 0.3) is 0 Å². The number of ether oxygens (including phenoxy) is 1. The summed E-state index contributed by atoms with van der Waals surface area (Å²) in [5.41, 5.74) is 0. The predicted octanol–water partition coefficient (Wildman–Crippen LogP) is 2.98. The Labute approximate surface area is 89.6 Å². The van der Waals surface area contributed by atoms with Crippen LogP contribution in [0.5, 0.6) is 5.75 Å². The van der Waals surface area contributed by atoms with Crippen LogP contribution >= 0.6 is 11.3 Å². The van der Waals surface area contributed by atoms with Crippen LogP contribution in [0.15, 0.2) is 24.1 Å². The van der Waals surface area contributed by atoms with Crippen molar-refractivity contribution in [2.24, 2.45) is 0 Å². The normalized spacial score (nSPS) is 12.4. The molecule has 0 radical (unpaired) electrons. The van der Waals surface area contributed by atoms with Gasteiger partial charge in [-0.05, 0) is 26.0 Å². The van der Waals surface area contributed by atoms with Crippen molar-refractivity contribution in [1.29, 1.82) is 0 Å². The topological polar surface area (TPSA) is 21.3 Å². The average Bonchev–Trinajstić information content (AvgIpc) is 2.68. The number of hydrogen-bond acceptors (Lipinski definition) is 3. The Kier molecular flexibility index (Phi) is 4.70. The second-order valence-electron chi connectivity index (χ2n) is 3.10. The van der Waals surface area contributed by atoms with Crippen LogP contribution in [0.4, 0.5) is 0 Å². The fourth-order valence-corrected chi connectivity index (χ4v) is 2.34. The van der Waals surface area contributed by atoms with Crippen LogP contribution in [0.1, 0.15) is 23.8 Å². The minimum Gasteiger partial charge on any atom is -0.496 e. The molecule has 0 aromatic carbocycles. The van der Waals surface area contributed by atoms with E-state index in [1.165, 1.54) is 4.88 Å². The lowest BCUT2D eigenvalue weighted by Gasteiger charge is -2.12. The molecule has 3 heteroatoms. The molecule has 1 aromatic heterocycles. The highest BCUT2D eigenvalue weighted by Gasteiger charge is 2.10. The van der Waals surface area contributed by atoms with E-state index in [1.807, 2.05) is 18.5 Å². The molecule has 0 aliphatic carbocycles. The van der Waals surface area contributed by atoms with Gasteiger partial charge in [-0.15, -0.1) is 17.9 Å². The molecule has 0 amide bonds. The summed E-state index contributed by atoms with van der Waals surface area (Å²) in [7, 11) is 3.68. The summed E-state index contributed by atoms with van der Waals surface area (Å²) in [4.78, 5) is 1.33. The summed E-state index contributed by atoms with van der Waals surface area (Å²) < 4.78 is 5.16. The zero-order chi connectivity index (χ0) is 10.4. The molecular formula is C11H17NOS. The number of allylic oxidation sites excluding steroid dienone is 1. The molecule has 0 bridgehead atoms. The highest BCUT2D eigenvalue weighted by atomic mass is 32.1. The van der Waals surface area contributed by atoms with Gasteiger partial charge in [-0.2, -0.15) is 0 Å². The summed E-state index contributed by atoms with van der Waals surface area (Å²) in [5, 5.41) is 5.33. The first kappa shape index (κ1) is 11.3. The second kappa shape index (κ2) is 5.83. The first-order valence-electron chi connectivity index (χ1n) is 4.72. The van der Waals surface area contributed by atoms with Gasteiger partial charge in [0, 0.05) is 16.3 Å². The minimum absolute atomic E-state index is 0.418. The number of rotatable bonds is 6. The van der Waals surface area contributed by atoms with Gasteiger partial charge in [-0.25, -0.2) is 0 Å². The largest absolute Gasteiger partial charge is 0.496 e. The van der Waals surface area contributed by atoms with Crippen molar-refractivity contribution in [1.82, 2.24) is 5.32 Å². The van der Waals surface area contributed by atoms with Crippen molar-refractivity contribution in [3.63, 3.8) is 0 Å². The van der Waals surface area contributed by atoms with Crippen molar-refractivity contribution < 1.29 is 4.74 Å². The summed E-state index contributed by atoms with van der Waals surface area (Å²) in [6, 6.07) is 2.51. The molecule has 2 nitrogen and oxygen atoms in total. The third kappa shape index (κ3) is 2.86. The zero-order valence-electron chi connectivity index (χ0n) is 8.75.